The number of likely N-dealkylation sites (N-methyl/N-ethyl adjacent to an activating group) is 1. The van der Waals surface area contributed by atoms with Crippen LogP contribution in [0.2, 0.25) is 0 Å². The number of ether oxygens (including phenoxy) is 4. The van der Waals surface area contributed by atoms with E-state index in [0.717, 1.165) is 52.2 Å². The first kappa shape index (κ1) is 31.5. The van der Waals surface area contributed by atoms with Gasteiger partial charge in [0.1, 0.15) is 6.10 Å². The minimum atomic E-state index is -0.574. The number of aliphatic hydroxyl groups excluding tert-OH is 1. The second-order valence-electron chi connectivity index (χ2n) is 17.6. The molecule has 1 amide bonds. The fraction of sp³-hybridized carbons (Fsp3) is 0.972. The number of fused-ring (bicyclic) bond motifs is 4. The summed E-state index contributed by atoms with van der Waals surface area (Å²) < 4.78 is 25.2. The molecule has 3 saturated heterocycles. The first-order valence-electron chi connectivity index (χ1n) is 18.1. The molecule has 2 unspecified atom stereocenters. The molecule has 3 aliphatic heterocycles. The molecule has 2 spiro atoms. The van der Waals surface area contributed by atoms with Crippen LogP contribution in [0.15, 0.2) is 0 Å². The third kappa shape index (κ3) is 4.01. The Labute approximate surface area is 269 Å². The Kier molecular flexibility index (Phi) is 7.23. The van der Waals surface area contributed by atoms with Gasteiger partial charge in [-0.05, 0) is 96.7 Å². The van der Waals surface area contributed by atoms with Crippen molar-refractivity contribution in [2.24, 2.45) is 50.7 Å². The predicted octanol–water partition coefficient (Wildman–Crippen LogP) is 4.26. The first-order chi connectivity index (χ1) is 21.3. The zero-order valence-corrected chi connectivity index (χ0v) is 28.8. The smallest absolute Gasteiger partial charge is 0.274 e. The van der Waals surface area contributed by atoms with Crippen molar-refractivity contribution in [3.05, 3.63) is 0 Å². The summed E-state index contributed by atoms with van der Waals surface area (Å²) in [5.74, 6) is 1.49. The van der Waals surface area contributed by atoms with Gasteiger partial charge in [0.2, 0.25) is 0 Å². The summed E-state index contributed by atoms with van der Waals surface area (Å²) >= 11 is 0. The second-order valence-corrected chi connectivity index (χ2v) is 17.6. The fourth-order valence-electron chi connectivity index (χ4n) is 13.6. The number of hydroxylamine groups is 2. The lowest BCUT2D eigenvalue weighted by Crippen LogP contribution is -2.60. The second kappa shape index (κ2) is 10.3. The summed E-state index contributed by atoms with van der Waals surface area (Å²) in [4.78, 5) is 20.8. The Balaban J connectivity index is 1.03. The van der Waals surface area contributed by atoms with Crippen LogP contribution in [-0.2, 0) is 28.6 Å². The molecule has 1 N–H and O–H groups in total. The molecule has 9 nitrogen and oxygen atoms in total. The molecular weight excluding hydrogens is 572 g/mol. The number of carbonyl (C=O) groups is 1. The van der Waals surface area contributed by atoms with Crippen molar-refractivity contribution in [2.75, 3.05) is 47.1 Å². The maximum absolute atomic E-state index is 13.1. The molecular formula is C36H58N2O7. The zero-order chi connectivity index (χ0) is 31.7. The van der Waals surface area contributed by atoms with E-state index >= 15 is 0 Å². The van der Waals surface area contributed by atoms with Crippen LogP contribution in [0, 0.1) is 50.7 Å². The minimum absolute atomic E-state index is 0.0181. The molecule has 0 aromatic rings. The van der Waals surface area contributed by atoms with Crippen LogP contribution in [-0.4, -0.2) is 105 Å². The highest BCUT2D eigenvalue weighted by Gasteiger charge is 2.84. The first-order valence-corrected chi connectivity index (χ1v) is 18.1. The van der Waals surface area contributed by atoms with Crippen molar-refractivity contribution in [3.8, 4) is 0 Å². The predicted molar refractivity (Wildman–Crippen MR) is 167 cm³/mol. The van der Waals surface area contributed by atoms with Crippen molar-refractivity contribution in [1.29, 1.82) is 0 Å². The Hall–Kier alpha value is -0.810. The molecule has 13 atom stereocenters. The van der Waals surface area contributed by atoms with Gasteiger partial charge in [-0.3, -0.25) is 14.5 Å². The molecule has 5 aliphatic carbocycles. The highest BCUT2D eigenvalue weighted by atomic mass is 16.7. The van der Waals surface area contributed by atoms with E-state index in [9.17, 15) is 9.90 Å². The number of morpholine rings is 1. The van der Waals surface area contributed by atoms with Gasteiger partial charge in [-0.2, -0.15) is 0 Å². The molecule has 0 aromatic heterocycles. The van der Waals surface area contributed by atoms with E-state index in [1.807, 2.05) is 0 Å². The van der Waals surface area contributed by atoms with Crippen LogP contribution in [0.25, 0.3) is 0 Å². The molecule has 8 fully saturated rings. The van der Waals surface area contributed by atoms with Crippen LogP contribution >= 0.6 is 0 Å². The summed E-state index contributed by atoms with van der Waals surface area (Å²) in [5.41, 5.74) is 0.441. The Morgan fingerprint density at radius 2 is 1.76 bits per heavy atom. The molecule has 5 saturated carbocycles. The van der Waals surface area contributed by atoms with Gasteiger partial charge in [-0.1, -0.05) is 34.6 Å². The van der Waals surface area contributed by atoms with Crippen molar-refractivity contribution < 1.29 is 33.7 Å². The quantitative estimate of drug-likeness (QED) is 0.451. The number of hydrogen-bond donors (Lipinski definition) is 1. The maximum Gasteiger partial charge on any atom is 0.274 e. The number of amides is 1. The third-order valence-electron chi connectivity index (χ3n) is 16.1. The normalized spacial score (nSPS) is 53.6. The minimum Gasteiger partial charge on any atom is -0.390 e. The number of rotatable bonds is 5. The summed E-state index contributed by atoms with van der Waals surface area (Å²) in [5, 5.41) is 13.7. The number of hydrogen-bond acceptors (Lipinski definition) is 8. The molecule has 8 rings (SSSR count). The van der Waals surface area contributed by atoms with Gasteiger partial charge in [0.25, 0.3) is 5.91 Å². The van der Waals surface area contributed by atoms with Crippen LogP contribution in [0.5, 0.6) is 0 Å². The van der Waals surface area contributed by atoms with Crippen molar-refractivity contribution in [3.63, 3.8) is 0 Å². The van der Waals surface area contributed by atoms with Gasteiger partial charge in [0.15, 0.2) is 6.29 Å². The molecule has 9 heteroatoms. The van der Waals surface area contributed by atoms with Gasteiger partial charge in [0, 0.05) is 19.0 Å². The number of nitrogens with zero attached hydrogens (tertiary/aromatic N) is 2. The molecule has 0 radical (unpaired) electrons. The van der Waals surface area contributed by atoms with Gasteiger partial charge in [0.05, 0.1) is 57.8 Å². The Bertz CT molecular complexity index is 1200. The van der Waals surface area contributed by atoms with Crippen LogP contribution in [0.3, 0.4) is 0 Å². The monoisotopic (exact) mass is 630 g/mol. The van der Waals surface area contributed by atoms with Crippen molar-refractivity contribution in [2.45, 2.75) is 123 Å². The molecule has 3 heterocycles. The molecule has 8 aliphatic rings. The lowest BCUT2D eigenvalue weighted by Gasteiger charge is -2.64. The largest absolute Gasteiger partial charge is 0.390 e. The summed E-state index contributed by atoms with van der Waals surface area (Å²) in [6.07, 6.45) is 7.61. The lowest BCUT2D eigenvalue weighted by atomic mass is 9.41. The summed E-state index contributed by atoms with van der Waals surface area (Å²) in [6, 6.07) is 0.517. The van der Waals surface area contributed by atoms with E-state index in [1.165, 1.54) is 37.9 Å². The highest BCUT2D eigenvalue weighted by molar-refractivity contribution is 5.79. The van der Waals surface area contributed by atoms with E-state index in [0.29, 0.717) is 35.6 Å². The highest BCUT2D eigenvalue weighted by Crippen LogP contribution is 2.89. The third-order valence-corrected chi connectivity index (χ3v) is 16.1. The SMILES string of the molecule is CON(C)C(=O)[C@H]1C[C@@H](C)C2[C@H](O1)[C@H](O)[C@@]1(C)[C@@H]3CC[C@H]4C(C)(C)[C@@H](O[C@H]5CN(C6COC6)CCO5)CCC45C[C@@]35CC[C@]21C. The molecule has 0 aromatic carbocycles. The Morgan fingerprint density at radius 1 is 1.02 bits per heavy atom. The van der Waals surface area contributed by atoms with E-state index in [-0.39, 0.29) is 52.0 Å². The van der Waals surface area contributed by atoms with Crippen molar-refractivity contribution >= 4 is 5.91 Å². The van der Waals surface area contributed by atoms with E-state index in [2.05, 4.69) is 39.5 Å². The average Bonchev–Trinajstić information content (AvgIpc) is 3.62. The maximum atomic E-state index is 13.1. The van der Waals surface area contributed by atoms with Crippen molar-refractivity contribution in [1.82, 2.24) is 9.96 Å². The molecule has 45 heavy (non-hydrogen) atoms. The van der Waals surface area contributed by atoms with Crippen LogP contribution < -0.4 is 0 Å². The number of aliphatic hydroxyl groups is 1. The average molecular weight is 631 g/mol. The zero-order valence-electron chi connectivity index (χ0n) is 28.8. The standard InChI is InChI=1S/C36H58N2O7/c1-21-16-23(31(40)37(6)41-7)44-29-28(21)33(4)12-13-36-20-35(36)11-10-26(45-27-17-38(14-15-43-27)22-18-42-19-22)32(2,3)24(35)8-9-25(36)34(33,5)30(29)39/h21-30,39H,8-20H2,1-7H3/t21-,23-,24+,25+,26+,27+,28?,29+,30+,33-,34-,35?,36+/m1/s1. The molecule has 254 valence electrons. The van der Waals surface area contributed by atoms with E-state index < -0.39 is 12.2 Å². The van der Waals surface area contributed by atoms with Gasteiger partial charge in [-0.15, -0.1) is 0 Å². The molecule has 0 bridgehead atoms. The van der Waals surface area contributed by atoms with E-state index in [4.69, 9.17) is 23.8 Å². The lowest BCUT2D eigenvalue weighted by molar-refractivity contribution is -0.256. The number of carbonyl (C=O) groups excluding carboxylic acids is 1. The van der Waals surface area contributed by atoms with Crippen LogP contribution in [0.4, 0.5) is 0 Å². The van der Waals surface area contributed by atoms with Gasteiger partial charge in [-0.25, -0.2) is 5.06 Å². The summed E-state index contributed by atoms with van der Waals surface area (Å²) in [6.45, 7) is 16.3. The van der Waals surface area contributed by atoms with Gasteiger partial charge < -0.3 is 24.1 Å². The fourth-order valence-corrected chi connectivity index (χ4v) is 13.6. The van der Waals surface area contributed by atoms with Gasteiger partial charge >= 0.3 is 0 Å². The Morgan fingerprint density at radius 3 is 2.47 bits per heavy atom. The van der Waals surface area contributed by atoms with E-state index in [1.54, 1.807) is 7.05 Å². The summed E-state index contributed by atoms with van der Waals surface area (Å²) in [7, 11) is 3.16. The topological polar surface area (TPSA) is 89.9 Å². The van der Waals surface area contributed by atoms with Crippen LogP contribution in [0.1, 0.15) is 86.0 Å².